The molecule has 1 fully saturated rings. The van der Waals surface area contributed by atoms with E-state index in [-0.39, 0.29) is 36.9 Å². The van der Waals surface area contributed by atoms with E-state index in [0.717, 1.165) is 5.56 Å². The van der Waals surface area contributed by atoms with Crippen molar-refractivity contribution in [3.05, 3.63) is 29.8 Å². The summed E-state index contributed by atoms with van der Waals surface area (Å²) >= 11 is 0. The summed E-state index contributed by atoms with van der Waals surface area (Å²) in [6.07, 6.45) is 0.812. The monoisotopic (exact) mass is 364 g/mol. The van der Waals surface area contributed by atoms with Crippen molar-refractivity contribution < 1.29 is 24.2 Å². The van der Waals surface area contributed by atoms with Gasteiger partial charge in [0.05, 0.1) is 32.3 Å². The molecule has 0 aliphatic carbocycles. The summed E-state index contributed by atoms with van der Waals surface area (Å²) in [5, 5.41) is 9.15. The molecular weight excluding hydrogens is 336 g/mol. The van der Waals surface area contributed by atoms with Crippen LogP contribution in [0.3, 0.4) is 0 Å². The van der Waals surface area contributed by atoms with Crippen molar-refractivity contribution in [1.29, 1.82) is 0 Å². The molecule has 1 aliphatic rings. The number of likely N-dealkylation sites (tertiary alicyclic amines) is 1. The third-order valence-electron chi connectivity index (χ3n) is 4.81. The number of amides is 2. The van der Waals surface area contributed by atoms with Gasteiger partial charge in [-0.15, -0.1) is 0 Å². The van der Waals surface area contributed by atoms with E-state index in [1.807, 2.05) is 24.3 Å². The lowest BCUT2D eigenvalue weighted by Crippen LogP contribution is -2.49. The molecule has 0 radical (unpaired) electrons. The summed E-state index contributed by atoms with van der Waals surface area (Å²) in [6.45, 7) is 1.00. The summed E-state index contributed by atoms with van der Waals surface area (Å²) in [5.41, 5.74) is 0.865. The van der Waals surface area contributed by atoms with Gasteiger partial charge >= 0.3 is 0 Å². The molecule has 0 spiro atoms. The van der Waals surface area contributed by atoms with Gasteiger partial charge in [-0.25, -0.2) is 0 Å². The summed E-state index contributed by atoms with van der Waals surface area (Å²) < 4.78 is 10.5. The Hall–Kier alpha value is -2.12. The number of ether oxygens (including phenoxy) is 2. The number of nitrogens with zero attached hydrogens (tertiary/aromatic N) is 2. The second-order valence-electron chi connectivity index (χ2n) is 6.43. The van der Waals surface area contributed by atoms with Crippen LogP contribution in [0.15, 0.2) is 24.3 Å². The molecule has 7 heteroatoms. The SMILES string of the molecule is COCCN1C(=O)CC[C@@H](C(=O)N(C)CCO)[C@@H]1c1cccc(OC)c1. The van der Waals surface area contributed by atoms with Crippen LogP contribution in [-0.4, -0.2) is 74.3 Å². The third-order valence-corrected chi connectivity index (χ3v) is 4.81. The van der Waals surface area contributed by atoms with Crippen LogP contribution in [0, 0.1) is 5.92 Å². The fraction of sp³-hybridized carbons (Fsp3) is 0.579. The fourth-order valence-electron chi connectivity index (χ4n) is 3.45. The van der Waals surface area contributed by atoms with Crippen LogP contribution in [0.1, 0.15) is 24.4 Å². The minimum Gasteiger partial charge on any atom is -0.497 e. The van der Waals surface area contributed by atoms with Gasteiger partial charge in [-0.1, -0.05) is 12.1 Å². The van der Waals surface area contributed by atoms with E-state index in [2.05, 4.69) is 0 Å². The number of methoxy groups -OCH3 is 2. The lowest BCUT2D eigenvalue weighted by Gasteiger charge is -2.42. The maximum absolute atomic E-state index is 13.0. The Kier molecular flexibility index (Phi) is 7.41. The molecule has 1 N–H and O–H groups in total. The summed E-state index contributed by atoms with van der Waals surface area (Å²) in [7, 11) is 4.86. The topological polar surface area (TPSA) is 79.3 Å². The molecule has 1 heterocycles. The number of rotatable bonds is 8. The number of aliphatic hydroxyl groups is 1. The summed E-state index contributed by atoms with van der Waals surface area (Å²) in [4.78, 5) is 28.8. The Morgan fingerprint density at radius 2 is 2.15 bits per heavy atom. The Morgan fingerprint density at radius 3 is 2.81 bits per heavy atom. The zero-order chi connectivity index (χ0) is 19.1. The predicted molar refractivity (Wildman–Crippen MR) is 96.8 cm³/mol. The lowest BCUT2D eigenvalue weighted by molar-refractivity contribution is -0.148. The Balaban J connectivity index is 2.40. The number of piperidine rings is 1. The number of hydrogen-bond donors (Lipinski definition) is 1. The quantitative estimate of drug-likeness (QED) is 0.747. The van der Waals surface area contributed by atoms with Gasteiger partial charge in [-0.3, -0.25) is 9.59 Å². The van der Waals surface area contributed by atoms with Crippen LogP contribution >= 0.6 is 0 Å². The van der Waals surface area contributed by atoms with Crippen molar-refractivity contribution in [1.82, 2.24) is 9.80 Å². The maximum atomic E-state index is 13.0. The molecule has 2 atom stereocenters. The molecule has 0 saturated carbocycles. The smallest absolute Gasteiger partial charge is 0.227 e. The molecule has 0 unspecified atom stereocenters. The first kappa shape index (κ1) is 20.2. The van der Waals surface area contributed by atoms with E-state index in [0.29, 0.717) is 31.7 Å². The Morgan fingerprint density at radius 1 is 1.38 bits per heavy atom. The average Bonchev–Trinajstić information content (AvgIpc) is 2.66. The van der Waals surface area contributed by atoms with Crippen molar-refractivity contribution in [3.63, 3.8) is 0 Å². The first-order valence-corrected chi connectivity index (χ1v) is 8.81. The van der Waals surface area contributed by atoms with Crippen LogP contribution in [0.5, 0.6) is 5.75 Å². The van der Waals surface area contributed by atoms with Gasteiger partial charge < -0.3 is 24.4 Å². The van der Waals surface area contributed by atoms with Crippen LogP contribution < -0.4 is 4.74 Å². The van der Waals surface area contributed by atoms with E-state index in [4.69, 9.17) is 14.6 Å². The van der Waals surface area contributed by atoms with Gasteiger partial charge in [0.2, 0.25) is 11.8 Å². The molecule has 1 aromatic rings. The number of hydrogen-bond acceptors (Lipinski definition) is 5. The van der Waals surface area contributed by atoms with Crippen molar-refractivity contribution in [2.75, 3.05) is 47.6 Å². The number of aliphatic hydroxyl groups excluding tert-OH is 1. The van der Waals surface area contributed by atoms with E-state index < -0.39 is 0 Å². The standard InChI is InChI=1S/C19H28N2O5/c1-20(9-11-22)19(24)16-7-8-17(23)21(10-12-25-2)18(16)14-5-4-6-15(13-14)26-3/h4-6,13,16,18,22H,7-12H2,1-3H3/t16-,18+/m1/s1. The van der Waals surface area contributed by atoms with Gasteiger partial charge in [0, 0.05) is 33.7 Å². The Labute approximate surface area is 154 Å². The normalized spacial score (nSPS) is 20.2. The van der Waals surface area contributed by atoms with Crippen LogP contribution in [0.4, 0.5) is 0 Å². The minimum atomic E-state index is -0.379. The first-order chi connectivity index (χ1) is 12.5. The van der Waals surface area contributed by atoms with Gasteiger partial charge in [-0.05, 0) is 24.1 Å². The van der Waals surface area contributed by atoms with Gasteiger partial charge in [-0.2, -0.15) is 0 Å². The second-order valence-corrected chi connectivity index (χ2v) is 6.43. The zero-order valence-corrected chi connectivity index (χ0v) is 15.7. The predicted octanol–water partition coefficient (Wildman–Crippen LogP) is 1.07. The highest BCUT2D eigenvalue weighted by Crippen LogP contribution is 2.38. The first-order valence-electron chi connectivity index (χ1n) is 8.81. The molecule has 2 rings (SSSR count). The van der Waals surface area contributed by atoms with Gasteiger partial charge in [0.15, 0.2) is 0 Å². The van der Waals surface area contributed by atoms with Crippen LogP contribution in [-0.2, 0) is 14.3 Å². The molecule has 7 nitrogen and oxygen atoms in total. The van der Waals surface area contributed by atoms with Crippen molar-refractivity contribution in [2.24, 2.45) is 5.92 Å². The van der Waals surface area contributed by atoms with E-state index in [9.17, 15) is 9.59 Å². The number of benzene rings is 1. The molecule has 2 amide bonds. The molecule has 0 aromatic heterocycles. The molecule has 1 saturated heterocycles. The lowest BCUT2D eigenvalue weighted by atomic mass is 9.83. The van der Waals surface area contributed by atoms with Crippen LogP contribution in [0.25, 0.3) is 0 Å². The Bertz CT molecular complexity index is 622. The number of likely N-dealkylation sites (N-methyl/N-ethyl adjacent to an activating group) is 1. The minimum absolute atomic E-state index is 0.0173. The maximum Gasteiger partial charge on any atom is 0.227 e. The molecule has 0 bridgehead atoms. The van der Waals surface area contributed by atoms with E-state index >= 15 is 0 Å². The molecular formula is C19H28N2O5. The molecule has 144 valence electrons. The largest absolute Gasteiger partial charge is 0.497 e. The number of carbonyl (C=O) groups is 2. The fourth-order valence-corrected chi connectivity index (χ4v) is 3.45. The summed E-state index contributed by atoms with van der Waals surface area (Å²) in [6, 6.07) is 7.10. The number of carbonyl (C=O) groups excluding carboxylic acids is 2. The van der Waals surface area contributed by atoms with E-state index in [1.54, 1.807) is 26.2 Å². The van der Waals surface area contributed by atoms with Crippen LogP contribution in [0.2, 0.25) is 0 Å². The highest BCUT2D eigenvalue weighted by atomic mass is 16.5. The molecule has 1 aliphatic heterocycles. The molecule has 1 aromatic carbocycles. The zero-order valence-electron chi connectivity index (χ0n) is 15.7. The average molecular weight is 364 g/mol. The third kappa shape index (κ3) is 4.53. The van der Waals surface area contributed by atoms with Crippen molar-refractivity contribution >= 4 is 11.8 Å². The van der Waals surface area contributed by atoms with Gasteiger partial charge in [0.1, 0.15) is 5.75 Å². The van der Waals surface area contributed by atoms with Crippen molar-refractivity contribution in [2.45, 2.75) is 18.9 Å². The van der Waals surface area contributed by atoms with E-state index in [1.165, 1.54) is 4.90 Å². The van der Waals surface area contributed by atoms with Gasteiger partial charge in [0.25, 0.3) is 0 Å². The highest BCUT2D eigenvalue weighted by molar-refractivity contribution is 5.85. The van der Waals surface area contributed by atoms with Crippen molar-refractivity contribution in [3.8, 4) is 5.75 Å². The second kappa shape index (κ2) is 9.54. The summed E-state index contributed by atoms with van der Waals surface area (Å²) in [5.74, 6) is 0.265. The highest BCUT2D eigenvalue weighted by Gasteiger charge is 2.41. The molecule has 26 heavy (non-hydrogen) atoms.